The molecule has 0 N–H and O–H groups in total. The summed E-state index contributed by atoms with van der Waals surface area (Å²) >= 11 is 5.35. The molecular weight excluding hydrogens is 268 g/mol. The number of aromatic nitrogens is 2. The number of nitrogens with zero attached hydrogens (tertiary/aromatic N) is 2. The molecule has 0 aliphatic carbocycles. The average Bonchev–Trinajstić information content (AvgIpc) is 2.55. The summed E-state index contributed by atoms with van der Waals surface area (Å²) in [5.41, 5.74) is -1.90. The van der Waals surface area contributed by atoms with Gasteiger partial charge in [0.15, 0.2) is 0 Å². The SMILES string of the molecule is COC(=O)Cn1nc(C(F)F)c(Cl)c1C(F)F. The molecule has 1 aromatic rings. The lowest BCUT2D eigenvalue weighted by Gasteiger charge is -2.04. The lowest BCUT2D eigenvalue weighted by Crippen LogP contribution is -2.15. The summed E-state index contributed by atoms with van der Waals surface area (Å²) in [6.45, 7) is -0.706. The summed E-state index contributed by atoms with van der Waals surface area (Å²) in [5.74, 6) is -0.896. The number of esters is 1. The molecule has 0 saturated heterocycles. The predicted octanol–water partition coefficient (Wildman–Crippen LogP) is 2.58. The Balaban J connectivity index is 3.19. The van der Waals surface area contributed by atoms with Crippen molar-refractivity contribution in [2.45, 2.75) is 19.4 Å². The molecule has 0 aromatic carbocycles. The molecular formula is C8H7ClF4N2O2. The van der Waals surface area contributed by atoms with Crippen LogP contribution in [0.5, 0.6) is 0 Å². The largest absolute Gasteiger partial charge is 0.468 e. The monoisotopic (exact) mass is 274 g/mol. The molecule has 9 heteroatoms. The van der Waals surface area contributed by atoms with Crippen molar-refractivity contribution >= 4 is 17.6 Å². The number of methoxy groups -OCH3 is 1. The molecule has 1 aromatic heterocycles. The Bertz CT molecular complexity index is 422. The van der Waals surface area contributed by atoms with E-state index in [-0.39, 0.29) is 0 Å². The van der Waals surface area contributed by atoms with Crippen molar-refractivity contribution in [3.05, 3.63) is 16.4 Å². The predicted molar refractivity (Wildman–Crippen MR) is 49.2 cm³/mol. The lowest BCUT2D eigenvalue weighted by atomic mass is 10.3. The van der Waals surface area contributed by atoms with Gasteiger partial charge in [-0.2, -0.15) is 5.10 Å². The molecule has 0 spiro atoms. The third kappa shape index (κ3) is 2.87. The zero-order valence-electron chi connectivity index (χ0n) is 8.46. The maximum Gasteiger partial charge on any atom is 0.327 e. The Morgan fingerprint density at radius 3 is 2.41 bits per heavy atom. The molecule has 0 bridgehead atoms. The minimum Gasteiger partial charge on any atom is -0.468 e. The van der Waals surface area contributed by atoms with Gasteiger partial charge in [0.2, 0.25) is 0 Å². The van der Waals surface area contributed by atoms with E-state index in [4.69, 9.17) is 11.6 Å². The Kier molecular flexibility index (Phi) is 4.33. The van der Waals surface area contributed by atoms with E-state index < -0.39 is 41.8 Å². The maximum absolute atomic E-state index is 12.6. The number of hydrogen-bond acceptors (Lipinski definition) is 3. The quantitative estimate of drug-likeness (QED) is 0.626. The molecule has 4 nitrogen and oxygen atoms in total. The third-order valence-corrected chi connectivity index (χ3v) is 2.26. The molecule has 1 heterocycles. The number of ether oxygens (including phenoxy) is 1. The van der Waals surface area contributed by atoms with Crippen molar-refractivity contribution in [1.29, 1.82) is 0 Å². The van der Waals surface area contributed by atoms with Gasteiger partial charge in [-0.05, 0) is 0 Å². The molecule has 0 saturated carbocycles. The number of halogens is 5. The fraction of sp³-hybridized carbons (Fsp3) is 0.500. The molecule has 0 amide bonds. The molecule has 0 fully saturated rings. The van der Waals surface area contributed by atoms with Gasteiger partial charge in [-0.3, -0.25) is 9.48 Å². The smallest absolute Gasteiger partial charge is 0.327 e. The van der Waals surface area contributed by atoms with Gasteiger partial charge in [-0.1, -0.05) is 11.6 Å². The first-order valence-corrected chi connectivity index (χ1v) is 4.65. The van der Waals surface area contributed by atoms with E-state index in [1.807, 2.05) is 0 Å². The van der Waals surface area contributed by atoms with E-state index in [2.05, 4.69) is 9.84 Å². The molecule has 0 aliphatic rings. The Labute approximate surface area is 98.1 Å². The molecule has 0 aliphatic heterocycles. The highest BCUT2D eigenvalue weighted by Crippen LogP contribution is 2.34. The molecule has 0 atom stereocenters. The number of rotatable bonds is 4. The number of carbonyl (C=O) groups excluding carboxylic acids is 1. The highest BCUT2D eigenvalue weighted by molar-refractivity contribution is 6.32. The van der Waals surface area contributed by atoms with E-state index in [0.717, 1.165) is 7.11 Å². The van der Waals surface area contributed by atoms with Gasteiger partial charge in [0.05, 0.1) is 12.1 Å². The van der Waals surface area contributed by atoms with Crippen molar-refractivity contribution in [3.63, 3.8) is 0 Å². The van der Waals surface area contributed by atoms with Gasteiger partial charge in [-0.15, -0.1) is 0 Å². The van der Waals surface area contributed by atoms with Gasteiger partial charge >= 0.3 is 5.97 Å². The normalized spacial score (nSPS) is 11.3. The topological polar surface area (TPSA) is 44.1 Å². The van der Waals surface area contributed by atoms with Gasteiger partial charge < -0.3 is 4.74 Å². The van der Waals surface area contributed by atoms with Gasteiger partial charge in [0.25, 0.3) is 12.9 Å². The van der Waals surface area contributed by atoms with Crippen LogP contribution in [-0.2, 0) is 16.1 Å². The Morgan fingerprint density at radius 2 is 2.00 bits per heavy atom. The second-order valence-electron chi connectivity index (χ2n) is 2.92. The second-order valence-corrected chi connectivity index (χ2v) is 3.30. The van der Waals surface area contributed by atoms with E-state index in [9.17, 15) is 22.4 Å². The summed E-state index contributed by atoms with van der Waals surface area (Å²) in [4.78, 5) is 10.9. The molecule has 96 valence electrons. The standard InChI is InChI=1S/C8H7ClF4N2O2/c1-17-3(16)2-15-6(8(12)13)4(9)5(14-15)7(10)11/h7-8H,2H2,1H3. The summed E-state index contributed by atoms with van der Waals surface area (Å²) in [7, 11) is 1.03. The summed E-state index contributed by atoms with van der Waals surface area (Å²) in [6.07, 6.45) is -6.22. The zero-order valence-corrected chi connectivity index (χ0v) is 9.22. The van der Waals surface area contributed by atoms with Gasteiger partial charge in [0.1, 0.15) is 17.9 Å². The highest BCUT2D eigenvalue weighted by Gasteiger charge is 2.28. The van der Waals surface area contributed by atoms with Crippen molar-refractivity contribution in [3.8, 4) is 0 Å². The summed E-state index contributed by atoms with van der Waals surface area (Å²) in [5, 5.41) is 2.34. The number of alkyl halides is 4. The average molecular weight is 275 g/mol. The Morgan fingerprint density at radius 1 is 1.41 bits per heavy atom. The fourth-order valence-electron chi connectivity index (χ4n) is 1.13. The van der Waals surface area contributed by atoms with Crippen molar-refractivity contribution in [1.82, 2.24) is 9.78 Å². The van der Waals surface area contributed by atoms with Gasteiger partial charge in [0, 0.05) is 0 Å². The van der Waals surface area contributed by atoms with Crippen LogP contribution < -0.4 is 0 Å². The molecule has 0 radical (unpaired) electrons. The minimum atomic E-state index is -3.12. The number of carbonyl (C=O) groups is 1. The van der Waals surface area contributed by atoms with Crippen molar-refractivity contribution in [2.24, 2.45) is 0 Å². The van der Waals surface area contributed by atoms with Crippen LogP contribution in [0.2, 0.25) is 5.02 Å². The van der Waals surface area contributed by atoms with Crippen LogP contribution in [0, 0.1) is 0 Å². The first-order valence-electron chi connectivity index (χ1n) is 4.27. The lowest BCUT2D eigenvalue weighted by molar-refractivity contribution is -0.141. The van der Waals surface area contributed by atoms with E-state index in [1.165, 1.54) is 0 Å². The molecule has 17 heavy (non-hydrogen) atoms. The second kappa shape index (κ2) is 5.35. The van der Waals surface area contributed by atoms with Crippen LogP contribution in [0.1, 0.15) is 24.2 Å². The van der Waals surface area contributed by atoms with E-state index in [0.29, 0.717) is 4.68 Å². The van der Waals surface area contributed by atoms with E-state index in [1.54, 1.807) is 0 Å². The van der Waals surface area contributed by atoms with E-state index >= 15 is 0 Å². The van der Waals surface area contributed by atoms with Crippen LogP contribution in [0.4, 0.5) is 17.6 Å². The van der Waals surface area contributed by atoms with Crippen LogP contribution >= 0.6 is 11.6 Å². The van der Waals surface area contributed by atoms with Gasteiger partial charge in [-0.25, -0.2) is 17.6 Å². The van der Waals surface area contributed by atoms with Crippen molar-refractivity contribution in [2.75, 3.05) is 7.11 Å². The first-order chi connectivity index (χ1) is 7.88. The zero-order chi connectivity index (χ0) is 13.2. The van der Waals surface area contributed by atoms with Crippen LogP contribution in [0.3, 0.4) is 0 Å². The highest BCUT2D eigenvalue weighted by atomic mass is 35.5. The summed E-state index contributed by atoms with van der Waals surface area (Å²) < 4.78 is 54.6. The first kappa shape index (κ1) is 13.8. The minimum absolute atomic E-state index is 0.417. The molecule has 0 unspecified atom stereocenters. The van der Waals surface area contributed by atoms with Crippen molar-refractivity contribution < 1.29 is 27.1 Å². The number of hydrogen-bond donors (Lipinski definition) is 0. The molecule has 1 rings (SSSR count). The van der Waals surface area contributed by atoms with Crippen LogP contribution in [0.25, 0.3) is 0 Å². The Hall–Kier alpha value is -1.31. The van der Waals surface area contributed by atoms with Crippen LogP contribution in [0.15, 0.2) is 0 Å². The van der Waals surface area contributed by atoms with Crippen LogP contribution in [-0.4, -0.2) is 22.9 Å². The third-order valence-electron chi connectivity index (χ3n) is 1.88. The fourth-order valence-corrected chi connectivity index (χ4v) is 1.43. The summed E-state index contributed by atoms with van der Waals surface area (Å²) in [6, 6.07) is 0. The maximum atomic E-state index is 12.6.